The lowest BCUT2D eigenvalue weighted by Gasteiger charge is -2.06. The van der Waals surface area contributed by atoms with Gasteiger partial charge in [0.05, 0.1) is 0 Å². The highest BCUT2D eigenvalue weighted by Crippen LogP contribution is 2.29. The topological polar surface area (TPSA) is 26.3 Å². The van der Waals surface area contributed by atoms with Crippen molar-refractivity contribution in [3.8, 4) is 0 Å². The number of fused-ring (bicyclic) bond motifs is 1. The van der Waals surface area contributed by atoms with E-state index < -0.39 is 8.03 Å². The predicted octanol–water partition coefficient (Wildman–Crippen LogP) is 3.35. The zero-order chi connectivity index (χ0) is 10.8. The first-order chi connectivity index (χ1) is 7.24. The molecule has 0 fully saturated rings. The Morgan fingerprint density at radius 1 is 1.13 bits per heavy atom. The normalized spacial score (nSPS) is 12.9. The molecule has 1 atom stereocenters. The smallest absolute Gasteiger partial charge is 0.221 e. The van der Waals surface area contributed by atoms with Gasteiger partial charge in [-0.15, -0.1) is 0 Å². The van der Waals surface area contributed by atoms with E-state index in [0.717, 1.165) is 20.5 Å². The van der Waals surface area contributed by atoms with Crippen LogP contribution in [0.15, 0.2) is 40.9 Å². The van der Waals surface area contributed by atoms with Gasteiger partial charge in [-0.25, -0.2) is 0 Å². The Labute approximate surface area is 97.3 Å². The Kier molecular flexibility index (Phi) is 3.25. The molecule has 0 radical (unpaired) electrons. The Bertz CT molecular complexity index is 525. The van der Waals surface area contributed by atoms with Gasteiger partial charge in [0.25, 0.3) is 0 Å². The number of benzene rings is 2. The minimum Gasteiger partial charge on any atom is -0.331 e. The van der Waals surface area contributed by atoms with Gasteiger partial charge in [-0.2, -0.15) is 0 Å². The van der Waals surface area contributed by atoms with Crippen LogP contribution in [0.25, 0.3) is 10.8 Å². The van der Waals surface area contributed by atoms with E-state index in [4.69, 9.17) is 4.52 Å². The second-order valence-corrected chi connectivity index (χ2v) is 5.51. The first-order valence-electron chi connectivity index (χ1n) is 4.49. The molecular formula is C11H10BrO2P. The number of hydrogen-bond acceptors (Lipinski definition) is 2. The molecule has 0 heterocycles. The average Bonchev–Trinajstić information content (AvgIpc) is 2.29. The average molecular weight is 285 g/mol. The summed E-state index contributed by atoms with van der Waals surface area (Å²) in [6, 6.07) is 11.6. The SMILES string of the molecule is CO[PH](=O)c1ccc(Br)c2ccccc12. The molecule has 0 spiro atoms. The lowest BCUT2D eigenvalue weighted by Crippen LogP contribution is -1.99. The highest BCUT2D eigenvalue weighted by molar-refractivity contribution is 9.10. The van der Waals surface area contributed by atoms with Gasteiger partial charge in [0.15, 0.2) is 0 Å². The van der Waals surface area contributed by atoms with Gasteiger partial charge in [0, 0.05) is 16.9 Å². The molecule has 0 bridgehead atoms. The number of hydrogen-bond donors (Lipinski definition) is 0. The molecule has 0 aliphatic rings. The maximum atomic E-state index is 11.7. The van der Waals surface area contributed by atoms with E-state index in [-0.39, 0.29) is 0 Å². The van der Waals surface area contributed by atoms with Gasteiger partial charge < -0.3 is 4.52 Å². The van der Waals surface area contributed by atoms with Crippen molar-refractivity contribution in [3.63, 3.8) is 0 Å². The highest BCUT2D eigenvalue weighted by atomic mass is 79.9. The van der Waals surface area contributed by atoms with E-state index in [0.29, 0.717) is 0 Å². The molecular weight excluding hydrogens is 275 g/mol. The molecule has 0 aliphatic carbocycles. The first kappa shape index (κ1) is 10.9. The molecule has 2 aromatic rings. The zero-order valence-corrected chi connectivity index (χ0v) is 10.7. The summed E-state index contributed by atoms with van der Waals surface area (Å²) in [6.45, 7) is 0. The van der Waals surface area contributed by atoms with Gasteiger partial charge in [0.2, 0.25) is 8.03 Å². The molecule has 1 unspecified atom stereocenters. The highest BCUT2D eigenvalue weighted by Gasteiger charge is 2.08. The summed E-state index contributed by atoms with van der Waals surface area (Å²) >= 11 is 3.47. The van der Waals surface area contributed by atoms with Crippen molar-refractivity contribution >= 4 is 40.0 Å². The van der Waals surface area contributed by atoms with Crippen LogP contribution in [0, 0.1) is 0 Å². The van der Waals surface area contributed by atoms with Crippen LogP contribution in [-0.4, -0.2) is 7.11 Å². The summed E-state index contributed by atoms with van der Waals surface area (Å²) in [5, 5.41) is 2.82. The van der Waals surface area contributed by atoms with Crippen molar-refractivity contribution in [2.45, 2.75) is 0 Å². The minimum atomic E-state index is -2.12. The Hall–Kier alpha value is -0.630. The molecule has 2 rings (SSSR count). The van der Waals surface area contributed by atoms with Crippen LogP contribution < -0.4 is 5.30 Å². The lowest BCUT2D eigenvalue weighted by atomic mass is 10.1. The van der Waals surface area contributed by atoms with Gasteiger partial charge in [-0.3, -0.25) is 4.57 Å². The van der Waals surface area contributed by atoms with Crippen LogP contribution in [0.3, 0.4) is 0 Å². The molecule has 78 valence electrons. The third-order valence-corrected chi connectivity index (χ3v) is 4.21. The Morgan fingerprint density at radius 3 is 2.47 bits per heavy atom. The summed E-state index contributed by atoms with van der Waals surface area (Å²) in [5.41, 5.74) is 0. The Balaban J connectivity index is 2.77. The molecule has 4 heteroatoms. The minimum absolute atomic E-state index is 0.779. The molecule has 0 saturated carbocycles. The molecule has 0 N–H and O–H groups in total. The monoisotopic (exact) mass is 284 g/mol. The second kappa shape index (κ2) is 4.48. The van der Waals surface area contributed by atoms with Crippen molar-refractivity contribution in [3.05, 3.63) is 40.9 Å². The maximum Gasteiger partial charge on any atom is 0.221 e. The molecule has 0 amide bonds. The van der Waals surface area contributed by atoms with E-state index in [1.54, 1.807) is 0 Å². The number of rotatable bonds is 2. The molecule has 0 saturated heterocycles. The lowest BCUT2D eigenvalue weighted by molar-refractivity contribution is 0.423. The third-order valence-electron chi connectivity index (χ3n) is 2.28. The van der Waals surface area contributed by atoms with Crippen LogP contribution in [0.2, 0.25) is 0 Å². The van der Waals surface area contributed by atoms with E-state index >= 15 is 0 Å². The van der Waals surface area contributed by atoms with Crippen LogP contribution in [0.4, 0.5) is 0 Å². The van der Waals surface area contributed by atoms with E-state index in [1.807, 2.05) is 36.4 Å². The molecule has 0 aliphatic heterocycles. The van der Waals surface area contributed by atoms with Gasteiger partial charge in [-0.05, 0) is 22.9 Å². The fourth-order valence-corrected chi connectivity index (χ4v) is 2.91. The second-order valence-electron chi connectivity index (χ2n) is 3.13. The van der Waals surface area contributed by atoms with Gasteiger partial charge in [-0.1, -0.05) is 40.2 Å². The fraction of sp³-hybridized carbons (Fsp3) is 0.0909. The number of halogens is 1. The summed E-state index contributed by atoms with van der Waals surface area (Å²) < 4.78 is 17.6. The van der Waals surface area contributed by atoms with E-state index in [9.17, 15) is 4.57 Å². The standard InChI is InChI=1S/C11H10BrO2P/c1-14-15(13)11-7-6-10(12)8-4-2-3-5-9(8)11/h2-7,15H,1H3. The quantitative estimate of drug-likeness (QED) is 0.791. The van der Waals surface area contributed by atoms with Crippen LogP contribution in [0.5, 0.6) is 0 Å². The van der Waals surface area contributed by atoms with Gasteiger partial charge >= 0.3 is 0 Å². The van der Waals surface area contributed by atoms with Crippen molar-refractivity contribution in [2.75, 3.05) is 7.11 Å². The van der Waals surface area contributed by atoms with Crippen LogP contribution >= 0.6 is 24.0 Å². The summed E-state index contributed by atoms with van der Waals surface area (Å²) in [6.07, 6.45) is 0. The van der Waals surface area contributed by atoms with Crippen molar-refractivity contribution in [1.29, 1.82) is 0 Å². The molecule has 2 nitrogen and oxygen atoms in total. The fourth-order valence-electron chi connectivity index (χ4n) is 1.55. The van der Waals surface area contributed by atoms with E-state index in [1.165, 1.54) is 7.11 Å². The third kappa shape index (κ3) is 2.00. The van der Waals surface area contributed by atoms with Crippen molar-refractivity contribution in [1.82, 2.24) is 0 Å². The van der Waals surface area contributed by atoms with Crippen LogP contribution in [-0.2, 0) is 9.09 Å². The summed E-state index contributed by atoms with van der Waals surface area (Å²) in [4.78, 5) is 0. The summed E-state index contributed by atoms with van der Waals surface area (Å²) in [5.74, 6) is 0. The molecule has 15 heavy (non-hydrogen) atoms. The largest absolute Gasteiger partial charge is 0.331 e. The Morgan fingerprint density at radius 2 is 1.80 bits per heavy atom. The van der Waals surface area contributed by atoms with Crippen molar-refractivity contribution in [2.24, 2.45) is 0 Å². The summed E-state index contributed by atoms with van der Waals surface area (Å²) in [7, 11) is -0.649. The predicted molar refractivity (Wildman–Crippen MR) is 67.3 cm³/mol. The van der Waals surface area contributed by atoms with Gasteiger partial charge in [0.1, 0.15) is 0 Å². The maximum absolute atomic E-state index is 11.7. The van der Waals surface area contributed by atoms with Crippen LogP contribution in [0.1, 0.15) is 0 Å². The van der Waals surface area contributed by atoms with Crippen molar-refractivity contribution < 1.29 is 9.09 Å². The first-order valence-corrected chi connectivity index (χ1v) is 6.60. The molecule has 2 aromatic carbocycles. The molecule has 0 aromatic heterocycles. The zero-order valence-electron chi connectivity index (χ0n) is 8.16. The van der Waals surface area contributed by atoms with E-state index in [2.05, 4.69) is 15.9 Å².